The minimum atomic E-state index is -1.65. The molecule has 16 heavy (non-hydrogen) atoms. The van der Waals surface area contributed by atoms with Gasteiger partial charge in [0, 0.05) is 6.42 Å². The van der Waals surface area contributed by atoms with E-state index in [0.29, 0.717) is 6.42 Å². The van der Waals surface area contributed by atoms with Gasteiger partial charge in [-0.2, -0.15) is 0 Å². The maximum Gasteiger partial charge on any atom is 0.242 e. The average molecular weight is 236 g/mol. The number of ketones is 1. The highest BCUT2D eigenvalue weighted by atomic mass is 28.4. The summed E-state index contributed by atoms with van der Waals surface area (Å²) in [4.78, 5) is 11.9. The number of hydrogen-bond donors (Lipinski definition) is 0. The van der Waals surface area contributed by atoms with Gasteiger partial charge in [-0.15, -0.1) is 0 Å². The van der Waals surface area contributed by atoms with Crippen molar-refractivity contribution in [2.24, 2.45) is 0 Å². The van der Waals surface area contributed by atoms with Crippen LogP contribution in [0.15, 0.2) is 24.3 Å². The number of para-hydroxylation sites is 1. The third kappa shape index (κ3) is 3.81. The molecule has 0 unspecified atom stereocenters. The molecule has 3 heteroatoms. The summed E-state index contributed by atoms with van der Waals surface area (Å²) >= 11 is 0. The van der Waals surface area contributed by atoms with E-state index in [4.69, 9.17) is 4.43 Å². The highest BCUT2D eigenvalue weighted by molar-refractivity contribution is 6.70. The lowest BCUT2D eigenvalue weighted by Gasteiger charge is -2.21. The van der Waals surface area contributed by atoms with Crippen LogP contribution < -0.4 is 4.43 Å². The van der Waals surface area contributed by atoms with Crippen LogP contribution in [0.25, 0.3) is 0 Å². The maximum absolute atomic E-state index is 11.9. The van der Waals surface area contributed by atoms with Gasteiger partial charge in [0.2, 0.25) is 8.32 Å². The van der Waals surface area contributed by atoms with E-state index in [0.717, 1.165) is 17.7 Å². The minimum Gasteiger partial charge on any atom is -0.544 e. The van der Waals surface area contributed by atoms with E-state index in [1.807, 2.05) is 31.2 Å². The van der Waals surface area contributed by atoms with Gasteiger partial charge in [-0.3, -0.25) is 4.79 Å². The lowest BCUT2D eigenvalue weighted by molar-refractivity contribution is 0.0980. The van der Waals surface area contributed by atoms with E-state index < -0.39 is 8.32 Å². The molecule has 88 valence electrons. The van der Waals surface area contributed by atoms with Crippen LogP contribution in [-0.2, 0) is 0 Å². The van der Waals surface area contributed by atoms with Crippen LogP contribution in [0.3, 0.4) is 0 Å². The van der Waals surface area contributed by atoms with Crippen molar-refractivity contribution in [1.82, 2.24) is 0 Å². The average Bonchev–Trinajstić information content (AvgIpc) is 2.16. The van der Waals surface area contributed by atoms with E-state index in [1.165, 1.54) is 0 Å². The monoisotopic (exact) mass is 236 g/mol. The first-order valence-electron chi connectivity index (χ1n) is 5.75. The SMILES string of the molecule is CCCC(=O)c1ccccc1O[Si](C)(C)C. The Hall–Kier alpha value is -1.09. The molecular weight excluding hydrogens is 216 g/mol. The lowest BCUT2D eigenvalue weighted by atomic mass is 10.1. The van der Waals surface area contributed by atoms with Gasteiger partial charge < -0.3 is 4.43 Å². The zero-order chi connectivity index (χ0) is 12.2. The van der Waals surface area contributed by atoms with Gasteiger partial charge in [0.25, 0.3) is 0 Å². The second-order valence-electron chi connectivity index (χ2n) is 4.88. The summed E-state index contributed by atoms with van der Waals surface area (Å²) in [6.07, 6.45) is 1.46. The lowest BCUT2D eigenvalue weighted by Crippen LogP contribution is -2.30. The van der Waals surface area contributed by atoms with Crippen molar-refractivity contribution in [3.05, 3.63) is 29.8 Å². The number of hydrogen-bond acceptors (Lipinski definition) is 2. The standard InChI is InChI=1S/C13H20O2Si/c1-5-8-12(14)11-9-6-7-10-13(11)15-16(2,3)4/h6-7,9-10H,5,8H2,1-4H3. The molecule has 0 spiro atoms. The van der Waals surface area contributed by atoms with Crippen molar-refractivity contribution in [1.29, 1.82) is 0 Å². The van der Waals surface area contributed by atoms with Crippen LogP contribution >= 0.6 is 0 Å². The fourth-order valence-corrected chi connectivity index (χ4v) is 2.32. The molecule has 1 aromatic rings. The fraction of sp³-hybridized carbons (Fsp3) is 0.462. The Morgan fingerprint density at radius 2 is 1.88 bits per heavy atom. The number of rotatable bonds is 5. The Morgan fingerprint density at radius 1 is 1.25 bits per heavy atom. The first-order chi connectivity index (χ1) is 7.44. The molecule has 0 aliphatic rings. The normalized spacial score (nSPS) is 11.2. The van der Waals surface area contributed by atoms with Gasteiger partial charge in [-0.25, -0.2) is 0 Å². The van der Waals surface area contributed by atoms with Crippen LogP contribution in [0.1, 0.15) is 30.1 Å². The molecule has 0 bridgehead atoms. The second-order valence-corrected chi connectivity index (χ2v) is 9.31. The Labute approximate surface area is 98.8 Å². The van der Waals surface area contributed by atoms with Crippen molar-refractivity contribution < 1.29 is 9.22 Å². The Morgan fingerprint density at radius 3 is 2.44 bits per heavy atom. The third-order valence-electron chi connectivity index (χ3n) is 2.08. The zero-order valence-corrected chi connectivity index (χ0v) is 11.5. The molecule has 0 radical (unpaired) electrons. The maximum atomic E-state index is 11.9. The molecule has 0 aliphatic heterocycles. The molecule has 1 rings (SSSR count). The van der Waals surface area contributed by atoms with Gasteiger partial charge in [0.05, 0.1) is 5.56 Å². The molecule has 0 heterocycles. The van der Waals surface area contributed by atoms with E-state index in [2.05, 4.69) is 19.6 Å². The van der Waals surface area contributed by atoms with Gasteiger partial charge in [-0.05, 0) is 38.2 Å². The first kappa shape index (κ1) is 13.0. The van der Waals surface area contributed by atoms with E-state index in [-0.39, 0.29) is 5.78 Å². The minimum absolute atomic E-state index is 0.177. The van der Waals surface area contributed by atoms with E-state index >= 15 is 0 Å². The molecule has 2 nitrogen and oxygen atoms in total. The largest absolute Gasteiger partial charge is 0.544 e. The van der Waals surface area contributed by atoms with Crippen molar-refractivity contribution in [3.8, 4) is 5.75 Å². The van der Waals surface area contributed by atoms with E-state index in [9.17, 15) is 4.79 Å². The summed E-state index contributed by atoms with van der Waals surface area (Å²) < 4.78 is 5.92. The number of benzene rings is 1. The number of carbonyl (C=O) groups excluding carboxylic acids is 1. The van der Waals surface area contributed by atoms with Crippen LogP contribution in [0, 0.1) is 0 Å². The third-order valence-corrected chi connectivity index (χ3v) is 2.91. The van der Waals surface area contributed by atoms with Gasteiger partial charge in [-0.1, -0.05) is 19.1 Å². The highest BCUT2D eigenvalue weighted by Crippen LogP contribution is 2.23. The molecule has 0 atom stereocenters. The van der Waals surface area contributed by atoms with Crippen molar-refractivity contribution in [3.63, 3.8) is 0 Å². The molecular formula is C13H20O2Si. The molecule has 0 saturated heterocycles. The first-order valence-corrected chi connectivity index (χ1v) is 9.16. The molecule has 0 saturated carbocycles. The van der Waals surface area contributed by atoms with Crippen molar-refractivity contribution >= 4 is 14.1 Å². The molecule has 0 aromatic heterocycles. The van der Waals surface area contributed by atoms with Crippen molar-refractivity contribution in [2.75, 3.05) is 0 Å². The predicted octanol–water partition coefficient (Wildman–Crippen LogP) is 3.88. The molecule has 0 aliphatic carbocycles. The van der Waals surface area contributed by atoms with Gasteiger partial charge >= 0.3 is 0 Å². The summed E-state index contributed by atoms with van der Waals surface area (Å²) in [5.41, 5.74) is 0.728. The smallest absolute Gasteiger partial charge is 0.242 e. The van der Waals surface area contributed by atoms with Gasteiger partial charge in [0.15, 0.2) is 5.78 Å². The fourth-order valence-electron chi connectivity index (χ4n) is 1.48. The summed E-state index contributed by atoms with van der Waals surface area (Å²) in [5.74, 6) is 0.927. The van der Waals surface area contributed by atoms with Crippen LogP contribution in [-0.4, -0.2) is 14.1 Å². The van der Waals surface area contributed by atoms with E-state index in [1.54, 1.807) is 0 Å². The summed E-state index contributed by atoms with van der Waals surface area (Å²) in [6.45, 7) is 8.37. The summed E-state index contributed by atoms with van der Waals surface area (Å²) in [5, 5.41) is 0. The van der Waals surface area contributed by atoms with Crippen LogP contribution in [0.4, 0.5) is 0 Å². The van der Waals surface area contributed by atoms with Crippen LogP contribution in [0.2, 0.25) is 19.6 Å². The zero-order valence-electron chi connectivity index (χ0n) is 10.5. The Balaban J connectivity index is 2.96. The summed E-state index contributed by atoms with van der Waals surface area (Å²) in [6, 6.07) is 7.55. The molecule has 1 aromatic carbocycles. The highest BCUT2D eigenvalue weighted by Gasteiger charge is 2.19. The topological polar surface area (TPSA) is 26.3 Å². The number of carbonyl (C=O) groups is 1. The molecule has 0 N–H and O–H groups in total. The molecule has 0 fully saturated rings. The van der Waals surface area contributed by atoms with Crippen molar-refractivity contribution in [2.45, 2.75) is 39.4 Å². The number of Topliss-reactive ketones (excluding diaryl/α,β-unsaturated/α-hetero) is 1. The Bertz CT molecular complexity index is 366. The predicted molar refractivity (Wildman–Crippen MR) is 69.7 cm³/mol. The second kappa shape index (κ2) is 5.30. The van der Waals surface area contributed by atoms with Gasteiger partial charge in [0.1, 0.15) is 5.75 Å². The van der Waals surface area contributed by atoms with Crippen LogP contribution in [0.5, 0.6) is 5.75 Å². The summed E-state index contributed by atoms with van der Waals surface area (Å²) in [7, 11) is -1.65. The molecule has 0 amide bonds. The Kier molecular flexibility index (Phi) is 4.30. The quantitative estimate of drug-likeness (QED) is 0.573.